The molecule has 0 spiro atoms. The number of aromatic nitrogens is 3. The number of hydrogen-bond donors (Lipinski definition) is 2. The van der Waals surface area contributed by atoms with Gasteiger partial charge in [0.1, 0.15) is 11.5 Å². The van der Waals surface area contributed by atoms with Crippen molar-refractivity contribution in [2.75, 3.05) is 13.1 Å². The molecule has 0 atom stereocenters. The first-order chi connectivity index (χ1) is 18.5. The fraction of sp³-hybridized carbons (Fsp3) is 0.320. The van der Waals surface area contributed by atoms with Crippen LogP contribution in [0.25, 0.3) is 11.3 Å². The second kappa shape index (κ2) is 13.4. The molecule has 4 aromatic rings. The van der Waals surface area contributed by atoms with Gasteiger partial charge < -0.3 is 23.8 Å². The van der Waals surface area contributed by atoms with Crippen LogP contribution in [0.3, 0.4) is 0 Å². The maximum Gasteiger partial charge on any atom is 0.490 e. The van der Waals surface area contributed by atoms with Gasteiger partial charge in [0.25, 0.3) is 5.91 Å². The normalized spacial score (nSPS) is 11.2. The molecule has 1 aromatic carbocycles. The third-order valence-electron chi connectivity index (χ3n) is 5.08. The smallest absolute Gasteiger partial charge is 0.475 e. The molecule has 0 unspecified atom stereocenters. The molecule has 39 heavy (non-hydrogen) atoms. The van der Waals surface area contributed by atoms with Gasteiger partial charge in [0, 0.05) is 38.6 Å². The van der Waals surface area contributed by atoms with Crippen molar-refractivity contribution in [2.24, 2.45) is 0 Å². The van der Waals surface area contributed by atoms with E-state index in [2.05, 4.69) is 25.3 Å². The molecule has 3 heterocycles. The second-order valence-corrected chi connectivity index (χ2v) is 8.26. The third-order valence-corrected chi connectivity index (χ3v) is 5.08. The first-order valence-electron chi connectivity index (χ1n) is 11.7. The number of rotatable bonds is 10. The standard InChI is InChI=1S/C23H25N5O4.C2HF3O2/c1-16-25-12-19(30-16)14-28(15-20-13-26-17(2)31-20)10-6-9-24-23(29)21-11-22(32-27-21)18-7-4-3-5-8-18;3-2(4,5)1(6)7/h3-5,7-8,11-13H,6,9-10,14-15H2,1-2H3,(H,24,29);(H,6,7). The summed E-state index contributed by atoms with van der Waals surface area (Å²) in [5.74, 6) is 0.353. The molecule has 0 saturated carbocycles. The van der Waals surface area contributed by atoms with Crippen LogP contribution in [0.2, 0.25) is 0 Å². The fourth-order valence-electron chi connectivity index (χ4n) is 3.33. The Labute approximate surface area is 220 Å². The lowest BCUT2D eigenvalue weighted by molar-refractivity contribution is -0.192. The molecule has 14 heteroatoms. The zero-order chi connectivity index (χ0) is 28.4. The number of carbonyl (C=O) groups excluding carboxylic acids is 1. The molecule has 208 valence electrons. The zero-order valence-electron chi connectivity index (χ0n) is 21.1. The lowest BCUT2D eigenvalue weighted by Gasteiger charge is -2.19. The van der Waals surface area contributed by atoms with Crippen molar-refractivity contribution < 1.29 is 41.2 Å². The number of aryl methyl sites for hydroxylation is 2. The summed E-state index contributed by atoms with van der Waals surface area (Å²) in [6.07, 6.45) is -0.898. The van der Waals surface area contributed by atoms with E-state index in [0.29, 0.717) is 43.7 Å². The fourth-order valence-corrected chi connectivity index (χ4v) is 3.33. The molecule has 1 amide bonds. The van der Waals surface area contributed by atoms with E-state index >= 15 is 0 Å². The summed E-state index contributed by atoms with van der Waals surface area (Å²) in [5.41, 5.74) is 1.13. The Hall–Kier alpha value is -4.46. The minimum Gasteiger partial charge on any atom is -0.475 e. The van der Waals surface area contributed by atoms with Gasteiger partial charge >= 0.3 is 12.1 Å². The Balaban J connectivity index is 0.000000532. The number of carboxylic acid groups (broad SMARTS) is 1. The highest BCUT2D eigenvalue weighted by molar-refractivity contribution is 5.93. The van der Waals surface area contributed by atoms with Crippen molar-refractivity contribution in [1.29, 1.82) is 0 Å². The number of aliphatic carboxylic acids is 1. The third kappa shape index (κ3) is 9.41. The SMILES string of the molecule is Cc1ncc(CN(CCCNC(=O)c2cc(-c3ccccc3)on2)Cc2cnc(C)o2)o1.O=C(O)C(F)(F)F. The number of benzene rings is 1. The van der Waals surface area contributed by atoms with Gasteiger partial charge in [-0.2, -0.15) is 13.2 Å². The van der Waals surface area contributed by atoms with Crippen LogP contribution in [0.5, 0.6) is 0 Å². The van der Waals surface area contributed by atoms with Crippen LogP contribution in [0, 0.1) is 13.8 Å². The van der Waals surface area contributed by atoms with Crippen molar-refractivity contribution in [2.45, 2.75) is 39.5 Å². The summed E-state index contributed by atoms with van der Waals surface area (Å²) in [5, 5.41) is 13.9. The Morgan fingerprint density at radius 1 is 1.00 bits per heavy atom. The van der Waals surface area contributed by atoms with Crippen molar-refractivity contribution in [3.05, 3.63) is 77.8 Å². The molecule has 0 fully saturated rings. The molecule has 0 aliphatic heterocycles. The molecule has 0 radical (unpaired) electrons. The van der Waals surface area contributed by atoms with Crippen molar-refractivity contribution >= 4 is 11.9 Å². The van der Waals surface area contributed by atoms with Crippen LogP contribution in [-0.2, 0) is 17.9 Å². The van der Waals surface area contributed by atoms with Crippen LogP contribution in [0.15, 0.2) is 62.1 Å². The molecule has 0 saturated heterocycles. The van der Waals surface area contributed by atoms with Gasteiger partial charge in [-0.15, -0.1) is 0 Å². The quantitative estimate of drug-likeness (QED) is 0.273. The summed E-state index contributed by atoms with van der Waals surface area (Å²) >= 11 is 0. The summed E-state index contributed by atoms with van der Waals surface area (Å²) in [4.78, 5) is 31.8. The lowest BCUT2D eigenvalue weighted by atomic mass is 10.1. The number of hydrogen-bond acceptors (Lipinski definition) is 9. The van der Waals surface area contributed by atoms with Crippen LogP contribution in [0.1, 0.15) is 40.2 Å². The number of amides is 1. The summed E-state index contributed by atoms with van der Waals surface area (Å²) in [6, 6.07) is 11.2. The highest BCUT2D eigenvalue weighted by atomic mass is 19.4. The maximum atomic E-state index is 12.4. The van der Waals surface area contributed by atoms with Gasteiger partial charge in [-0.3, -0.25) is 9.69 Å². The topological polar surface area (TPSA) is 148 Å². The monoisotopic (exact) mass is 549 g/mol. The van der Waals surface area contributed by atoms with E-state index in [1.54, 1.807) is 18.5 Å². The molecule has 11 nitrogen and oxygen atoms in total. The molecule has 4 rings (SSSR count). The summed E-state index contributed by atoms with van der Waals surface area (Å²) < 4.78 is 48.3. The molecular weight excluding hydrogens is 523 g/mol. The molecule has 0 aliphatic carbocycles. The van der Waals surface area contributed by atoms with Crippen molar-refractivity contribution in [3.63, 3.8) is 0 Å². The van der Waals surface area contributed by atoms with Crippen molar-refractivity contribution in [1.82, 2.24) is 25.3 Å². The van der Waals surface area contributed by atoms with Crippen LogP contribution < -0.4 is 5.32 Å². The van der Waals surface area contributed by atoms with Gasteiger partial charge in [0.2, 0.25) is 0 Å². The van der Waals surface area contributed by atoms with E-state index in [1.807, 2.05) is 44.2 Å². The Kier molecular flexibility index (Phi) is 9.98. The molecule has 0 bridgehead atoms. The van der Waals surface area contributed by atoms with E-state index < -0.39 is 12.1 Å². The number of nitrogens with zero attached hydrogens (tertiary/aromatic N) is 4. The van der Waals surface area contributed by atoms with Crippen molar-refractivity contribution in [3.8, 4) is 11.3 Å². The van der Waals surface area contributed by atoms with E-state index in [9.17, 15) is 18.0 Å². The average molecular weight is 550 g/mol. The van der Waals surface area contributed by atoms with E-state index in [-0.39, 0.29) is 11.6 Å². The second-order valence-electron chi connectivity index (χ2n) is 8.26. The molecule has 0 aliphatic rings. The number of carboxylic acids is 1. The van der Waals surface area contributed by atoms with E-state index in [0.717, 1.165) is 23.5 Å². The average Bonchev–Trinajstić information content (AvgIpc) is 3.64. The Morgan fingerprint density at radius 2 is 1.56 bits per heavy atom. The summed E-state index contributed by atoms with van der Waals surface area (Å²) in [7, 11) is 0. The minimum absolute atomic E-state index is 0.259. The van der Waals surface area contributed by atoms with Crippen LogP contribution in [-0.4, -0.2) is 56.3 Å². The van der Waals surface area contributed by atoms with Crippen LogP contribution >= 0.6 is 0 Å². The Morgan fingerprint density at radius 3 is 2.05 bits per heavy atom. The zero-order valence-corrected chi connectivity index (χ0v) is 21.1. The number of nitrogens with one attached hydrogen (secondary N) is 1. The molecule has 2 N–H and O–H groups in total. The van der Waals surface area contributed by atoms with Crippen LogP contribution in [0.4, 0.5) is 13.2 Å². The summed E-state index contributed by atoms with van der Waals surface area (Å²) in [6.45, 7) is 6.00. The number of halogens is 3. The van der Waals surface area contributed by atoms with E-state index in [4.69, 9.17) is 23.3 Å². The first kappa shape index (κ1) is 29.1. The maximum absolute atomic E-state index is 12.4. The minimum atomic E-state index is -5.08. The largest absolute Gasteiger partial charge is 0.490 e. The predicted molar refractivity (Wildman–Crippen MR) is 129 cm³/mol. The van der Waals surface area contributed by atoms with Gasteiger partial charge in [-0.1, -0.05) is 35.5 Å². The highest BCUT2D eigenvalue weighted by Crippen LogP contribution is 2.19. The van der Waals surface area contributed by atoms with Gasteiger partial charge in [-0.25, -0.2) is 14.8 Å². The van der Waals surface area contributed by atoms with Gasteiger partial charge in [-0.05, 0) is 6.42 Å². The van der Waals surface area contributed by atoms with Gasteiger partial charge in [0.05, 0.1) is 25.5 Å². The number of alkyl halides is 3. The number of carbonyl (C=O) groups is 2. The first-order valence-corrected chi connectivity index (χ1v) is 11.7. The predicted octanol–water partition coefficient (Wildman–Crippen LogP) is 4.39. The molecule has 3 aromatic heterocycles. The van der Waals surface area contributed by atoms with Gasteiger partial charge in [0.15, 0.2) is 23.2 Å². The lowest BCUT2D eigenvalue weighted by Crippen LogP contribution is -2.29. The van der Waals surface area contributed by atoms with E-state index in [1.165, 1.54) is 0 Å². The Bertz CT molecular complexity index is 1310. The number of oxazole rings is 2. The molecular formula is C25H26F3N5O6. The highest BCUT2D eigenvalue weighted by Gasteiger charge is 2.38.